The number of carbonyl (C=O) groups is 4. The summed E-state index contributed by atoms with van der Waals surface area (Å²) in [5.74, 6) is -2.23. The van der Waals surface area contributed by atoms with E-state index in [9.17, 15) is 9.59 Å². The lowest BCUT2D eigenvalue weighted by Gasteiger charge is -2.01. The number of imide groups is 1. The Morgan fingerprint density at radius 2 is 1.29 bits per heavy atom. The number of rotatable bonds is 1. The van der Waals surface area contributed by atoms with Gasteiger partial charge in [-0.15, -0.1) is 0 Å². The van der Waals surface area contributed by atoms with E-state index >= 15 is 0 Å². The summed E-state index contributed by atoms with van der Waals surface area (Å²) in [5.41, 5.74) is 9.67. The molecule has 0 aromatic rings. The van der Waals surface area contributed by atoms with Gasteiger partial charge in [0.05, 0.1) is 6.04 Å². The van der Waals surface area contributed by atoms with Gasteiger partial charge in [-0.25, -0.2) is 4.79 Å². The molecular formula is C8H17N3O6. The number of amides is 3. The Bertz CT molecular complexity index is 256. The van der Waals surface area contributed by atoms with Crippen molar-refractivity contribution in [3.63, 3.8) is 0 Å². The van der Waals surface area contributed by atoms with Gasteiger partial charge in [0.2, 0.25) is 5.91 Å². The van der Waals surface area contributed by atoms with Gasteiger partial charge in [0, 0.05) is 13.8 Å². The SMILES string of the molecule is CC(=O)O.CC(=O)O.CC(N)C(=O)NC(N)=O. The summed E-state index contributed by atoms with van der Waals surface area (Å²) in [4.78, 5) is 38.4. The number of carboxylic acid groups (broad SMARTS) is 2. The minimum Gasteiger partial charge on any atom is -0.481 e. The Morgan fingerprint density at radius 3 is 1.35 bits per heavy atom. The lowest BCUT2D eigenvalue weighted by atomic mass is 10.3. The van der Waals surface area contributed by atoms with Crippen LogP contribution in [0.4, 0.5) is 4.79 Å². The summed E-state index contributed by atoms with van der Waals surface area (Å²) >= 11 is 0. The van der Waals surface area contributed by atoms with Crippen molar-refractivity contribution in [3.05, 3.63) is 0 Å². The van der Waals surface area contributed by atoms with E-state index in [2.05, 4.69) is 5.73 Å². The fraction of sp³-hybridized carbons (Fsp3) is 0.500. The topological polar surface area (TPSA) is 173 Å². The zero-order valence-electron chi connectivity index (χ0n) is 9.76. The molecule has 0 aliphatic heterocycles. The molecule has 0 aromatic heterocycles. The number of hydrogen-bond acceptors (Lipinski definition) is 5. The highest BCUT2D eigenvalue weighted by molar-refractivity contribution is 5.95. The normalized spacial score (nSPS) is 9.41. The van der Waals surface area contributed by atoms with Gasteiger partial charge in [0.15, 0.2) is 0 Å². The predicted octanol–water partition coefficient (Wildman–Crippen LogP) is -1.29. The number of aliphatic carboxylic acids is 2. The van der Waals surface area contributed by atoms with Gasteiger partial charge in [0.1, 0.15) is 0 Å². The van der Waals surface area contributed by atoms with E-state index in [-0.39, 0.29) is 0 Å². The highest BCUT2D eigenvalue weighted by Crippen LogP contribution is 1.72. The van der Waals surface area contributed by atoms with E-state index in [0.717, 1.165) is 13.8 Å². The fourth-order valence-corrected chi connectivity index (χ4v) is 0.235. The molecule has 0 fully saturated rings. The summed E-state index contributed by atoms with van der Waals surface area (Å²) in [7, 11) is 0. The minimum atomic E-state index is -0.877. The number of carbonyl (C=O) groups excluding carboxylic acids is 2. The third-order valence-corrected chi connectivity index (χ3v) is 0.660. The van der Waals surface area contributed by atoms with Crippen LogP contribution in [0.15, 0.2) is 0 Å². The lowest BCUT2D eigenvalue weighted by molar-refractivity contribution is -0.135. The molecule has 0 aromatic carbocycles. The van der Waals surface area contributed by atoms with Crippen LogP contribution in [0.2, 0.25) is 0 Å². The average molecular weight is 251 g/mol. The maximum absolute atomic E-state index is 10.4. The molecule has 0 rings (SSSR count). The number of primary amides is 1. The average Bonchev–Trinajstić information content (AvgIpc) is 1.99. The second kappa shape index (κ2) is 11.9. The summed E-state index contributed by atoms with van der Waals surface area (Å²) in [6, 6.07) is -1.57. The Labute approximate surface area is 97.8 Å². The summed E-state index contributed by atoms with van der Waals surface area (Å²) in [5, 5.41) is 16.7. The van der Waals surface area contributed by atoms with Crippen LogP contribution < -0.4 is 16.8 Å². The third-order valence-electron chi connectivity index (χ3n) is 0.660. The highest BCUT2D eigenvalue weighted by Gasteiger charge is 2.07. The molecule has 0 bridgehead atoms. The van der Waals surface area contributed by atoms with Crippen LogP contribution in [0, 0.1) is 0 Å². The van der Waals surface area contributed by atoms with Crippen molar-refractivity contribution < 1.29 is 29.4 Å². The maximum Gasteiger partial charge on any atom is 0.318 e. The van der Waals surface area contributed by atoms with Crippen molar-refractivity contribution >= 4 is 23.9 Å². The molecule has 100 valence electrons. The number of nitrogens with two attached hydrogens (primary N) is 2. The second-order valence-electron chi connectivity index (χ2n) is 2.68. The lowest BCUT2D eigenvalue weighted by Crippen LogP contribution is -2.43. The molecule has 9 heteroatoms. The van der Waals surface area contributed by atoms with E-state index in [1.54, 1.807) is 0 Å². The van der Waals surface area contributed by atoms with Gasteiger partial charge in [-0.05, 0) is 6.92 Å². The van der Waals surface area contributed by atoms with E-state index in [4.69, 9.17) is 25.5 Å². The summed E-state index contributed by atoms with van der Waals surface area (Å²) in [6.45, 7) is 3.62. The summed E-state index contributed by atoms with van der Waals surface area (Å²) in [6.07, 6.45) is 0. The molecule has 17 heavy (non-hydrogen) atoms. The van der Waals surface area contributed by atoms with Crippen molar-refractivity contribution in [2.75, 3.05) is 0 Å². The van der Waals surface area contributed by atoms with Crippen LogP contribution >= 0.6 is 0 Å². The molecule has 0 heterocycles. The number of nitrogens with one attached hydrogen (secondary N) is 1. The first-order valence-corrected chi connectivity index (χ1v) is 4.25. The molecule has 7 N–H and O–H groups in total. The van der Waals surface area contributed by atoms with Crippen molar-refractivity contribution in [1.82, 2.24) is 5.32 Å². The Hall–Kier alpha value is -2.16. The summed E-state index contributed by atoms with van der Waals surface area (Å²) < 4.78 is 0. The first kappa shape index (κ1) is 20.3. The molecule has 0 aliphatic carbocycles. The smallest absolute Gasteiger partial charge is 0.318 e. The van der Waals surface area contributed by atoms with E-state index in [0.29, 0.717) is 0 Å². The molecule has 9 nitrogen and oxygen atoms in total. The molecule has 0 saturated carbocycles. The zero-order chi connectivity index (χ0) is 14.6. The standard InChI is InChI=1S/C4H9N3O2.2C2H4O2/c1-2(5)3(8)7-4(6)9;2*1-2(3)4/h2H,5H2,1H3,(H3,6,7,8,9);2*1H3,(H,3,4). The molecule has 1 atom stereocenters. The van der Waals surface area contributed by atoms with Crippen LogP contribution in [0.25, 0.3) is 0 Å². The first-order valence-electron chi connectivity index (χ1n) is 4.25. The highest BCUT2D eigenvalue weighted by atomic mass is 16.4. The minimum absolute atomic E-state index is 0.567. The van der Waals surface area contributed by atoms with Crippen LogP contribution in [0.5, 0.6) is 0 Å². The largest absolute Gasteiger partial charge is 0.481 e. The first-order chi connectivity index (χ1) is 7.50. The quantitative estimate of drug-likeness (QED) is 0.385. The molecular weight excluding hydrogens is 234 g/mol. The van der Waals surface area contributed by atoms with Gasteiger partial charge in [-0.1, -0.05) is 0 Å². The Kier molecular flexibility index (Phi) is 14.2. The van der Waals surface area contributed by atoms with Crippen LogP contribution in [-0.2, 0) is 14.4 Å². The second-order valence-corrected chi connectivity index (χ2v) is 2.68. The van der Waals surface area contributed by atoms with Gasteiger partial charge >= 0.3 is 6.03 Å². The fourth-order valence-electron chi connectivity index (χ4n) is 0.235. The molecule has 3 amide bonds. The van der Waals surface area contributed by atoms with Crippen molar-refractivity contribution in [1.29, 1.82) is 0 Å². The molecule has 0 spiro atoms. The third kappa shape index (κ3) is 56.9. The van der Waals surface area contributed by atoms with E-state index in [1.807, 2.05) is 5.32 Å². The zero-order valence-corrected chi connectivity index (χ0v) is 9.76. The van der Waals surface area contributed by atoms with Gasteiger partial charge < -0.3 is 21.7 Å². The van der Waals surface area contributed by atoms with Crippen LogP contribution in [0.3, 0.4) is 0 Å². The number of carboxylic acids is 2. The van der Waals surface area contributed by atoms with Crippen molar-refractivity contribution in [3.8, 4) is 0 Å². The molecule has 0 saturated heterocycles. The van der Waals surface area contributed by atoms with Gasteiger partial charge in [-0.3, -0.25) is 19.7 Å². The number of urea groups is 1. The van der Waals surface area contributed by atoms with Gasteiger partial charge in [0.25, 0.3) is 11.9 Å². The van der Waals surface area contributed by atoms with Crippen LogP contribution in [0.1, 0.15) is 20.8 Å². The van der Waals surface area contributed by atoms with Gasteiger partial charge in [-0.2, -0.15) is 0 Å². The molecule has 0 radical (unpaired) electrons. The maximum atomic E-state index is 10.4. The van der Waals surface area contributed by atoms with E-state index < -0.39 is 29.9 Å². The van der Waals surface area contributed by atoms with Crippen molar-refractivity contribution in [2.45, 2.75) is 26.8 Å². The van der Waals surface area contributed by atoms with Crippen LogP contribution in [-0.4, -0.2) is 40.1 Å². The molecule has 1 unspecified atom stereocenters. The number of hydrogen-bond donors (Lipinski definition) is 5. The monoisotopic (exact) mass is 251 g/mol. The Balaban J connectivity index is -0.000000205. The van der Waals surface area contributed by atoms with Crippen molar-refractivity contribution in [2.24, 2.45) is 11.5 Å². The predicted molar refractivity (Wildman–Crippen MR) is 58.0 cm³/mol. The Morgan fingerprint density at radius 1 is 1.06 bits per heavy atom. The molecule has 0 aliphatic rings. The van der Waals surface area contributed by atoms with E-state index in [1.165, 1.54) is 6.92 Å².